The van der Waals surface area contributed by atoms with Crippen molar-refractivity contribution in [2.75, 3.05) is 0 Å². The molecule has 0 radical (unpaired) electrons. The summed E-state index contributed by atoms with van der Waals surface area (Å²) in [4.78, 5) is 5.16. The van der Waals surface area contributed by atoms with Crippen molar-refractivity contribution in [3.8, 4) is 22.9 Å². The number of allylic oxidation sites excluding steroid dienone is 3. The number of nitrogens with two attached hydrogens (primary N) is 1. The minimum absolute atomic E-state index is 0.135. The molecule has 2 N–H and O–H groups in total. The Kier molecular flexibility index (Phi) is 7.36. The van der Waals surface area contributed by atoms with Crippen LogP contribution in [-0.4, -0.2) is 10.3 Å². The number of nitrogens with zero attached hydrogens (tertiary/aromatic N) is 3. The van der Waals surface area contributed by atoms with Gasteiger partial charge in [0.25, 0.3) is 0 Å². The van der Waals surface area contributed by atoms with E-state index in [4.69, 9.17) is 10.7 Å². The molecule has 4 nitrogen and oxygen atoms in total. The van der Waals surface area contributed by atoms with Crippen molar-refractivity contribution in [3.05, 3.63) is 227 Å². The van der Waals surface area contributed by atoms with Gasteiger partial charge in [-0.25, -0.2) is 0 Å². The van der Waals surface area contributed by atoms with Gasteiger partial charge in [0, 0.05) is 27.6 Å². The lowest BCUT2D eigenvalue weighted by Crippen LogP contribution is -2.39. The molecule has 0 aliphatic heterocycles. The molecule has 1 saturated carbocycles. The van der Waals surface area contributed by atoms with Gasteiger partial charge in [-0.15, -0.1) is 0 Å². The smallest absolute Gasteiger partial charge is 0.0991 e. The number of rotatable bonds is 8. The van der Waals surface area contributed by atoms with Crippen LogP contribution in [-0.2, 0) is 12.0 Å². The first-order valence-electron chi connectivity index (χ1n) is 19.7. The highest BCUT2D eigenvalue weighted by Gasteiger charge is 2.70. The Morgan fingerprint density at radius 1 is 0.684 bits per heavy atom. The van der Waals surface area contributed by atoms with Gasteiger partial charge in [-0.05, 0) is 106 Å². The second kappa shape index (κ2) is 12.7. The normalized spacial score (nSPS) is 19.3. The topological polar surface area (TPSA) is 67.1 Å². The predicted octanol–water partition coefficient (Wildman–Crippen LogP) is 11.7. The molecule has 3 aliphatic carbocycles. The van der Waals surface area contributed by atoms with E-state index < -0.39 is 0 Å². The molecule has 1 unspecified atom stereocenters. The summed E-state index contributed by atoms with van der Waals surface area (Å²) in [7, 11) is 0. The van der Waals surface area contributed by atoms with Crippen molar-refractivity contribution in [1.82, 2.24) is 4.57 Å². The van der Waals surface area contributed by atoms with E-state index >= 15 is 0 Å². The van der Waals surface area contributed by atoms with Crippen molar-refractivity contribution < 1.29 is 0 Å². The van der Waals surface area contributed by atoms with Crippen LogP contribution in [0.2, 0.25) is 0 Å². The molecule has 1 fully saturated rings. The zero-order valence-corrected chi connectivity index (χ0v) is 31.4. The summed E-state index contributed by atoms with van der Waals surface area (Å²) in [5.41, 5.74) is 23.3. The summed E-state index contributed by atoms with van der Waals surface area (Å²) in [6.07, 6.45) is 6.66. The largest absolute Gasteiger partial charge is 0.398 e. The molecule has 1 heterocycles. The summed E-state index contributed by atoms with van der Waals surface area (Å²) in [5, 5.41) is 12.0. The molecule has 0 amide bonds. The van der Waals surface area contributed by atoms with E-state index in [-0.39, 0.29) is 10.8 Å². The highest BCUT2D eigenvalue weighted by molar-refractivity contribution is 6.13. The lowest BCUT2D eigenvalue weighted by atomic mass is 9.58. The average molecular weight is 731 g/mol. The maximum absolute atomic E-state index is 9.47. The number of hydrogen-bond acceptors (Lipinski definition) is 3. The molecule has 7 aromatic carbocycles. The van der Waals surface area contributed by atoms with Gasteiger partial charge in [-0.3, -0.25) is 4.99 Å². The maximum atomic E-state index is 9.47. The van der Waals surface area contributed by atoms with Gasteiger partial charge in [0.05, 0.1) is 40.3 Å². The standard InChI is InChI=1S/C53H38N4/c54-33-35-13-11-17-38(27-35)48(55)31-49(37-15-3-1-4-16-37)56-34-36-14-12-20-41(28-36)57-50-24-10-8-22-43(50)45-29-47-44(30-51(45)57)42-21-7-9-23-46(42)53(47,39-18-5-2-6-19-39)52-26-25-40(52)32-52/h1-25,27-31H,26,32,34,55H2/t52-,53?/m1/s1. The van der Waals surface area contributed by atoms with E-state index in [1.54, 1.807) is 11.6 Å². The molecule has 0 bridgehead atoms. The molecular weight excluding hydrogens is 693 g/mol. The van der Waals surface area contributed by atoms with E-state index in [1.165, 1.54) is 49.6 Å². The predicted molar refractivity (Wildman–Crippen MR) is 232 cm³/mol. The van der Waals surface area contributed by atoms with Crippen LogP contribution < -0.4 is 5.73 Å². The van der Waals surface area contributed by atoms with Gasteiger partial charge >= 0.3 is 0 Å². The lowest BCUT2D eigenvalue weighted by Gasteiger charge is -2.43. The molecule has 4 heteroatoms. The van der Waals surface area contributed by atoms with Gasteiger partial charge in [0.1, 0.15) is 0 Å². The molecule has 270 valence electrons. The minimum atomic E-state index is -0.230. The number of aromatic nitrogens is 1. The monoisotopic (exact) mass is 730 g/mol. The van der Waals surface area contributed by atoms with Crippen LogP contribution in [0.4, 0.5) is 0 Å². The second-order valence-corrected chi connectivity index (χ2v) is 15.7. The van der Waals surface area contributed by atoms with Crippen molar-refractivity contribution in [2.24, 2.45) is 16.1 Å². The Morgan fingerprint density at radius 3 is 2.23 bits per heavy atom. The molecule has 0 saturated heterocycles. The van der Waals surface area contributed by atoms with Gasteiger partial charge in [-0.2, -0.15) is 5.26 Å². The Morgan fingerprint density at radius 2 is 1.44 bits per heavy atom. The molecule has 8 aromatic rings. The van der Waals surface area contributed by atoms with Crippen LogP contribution in [0, 0.1) is 16.7 Å². The fourth-order valence-electron chi connectivity index (χ4n) is 10.1. The van der Waals surface area contributed by atoms with Crippen LogP contribution >= 0.6 is 0 Å². The van der Waals surface area contributed by atoms with Crippen LogP contribution in [0.25, 0.3) is 44.3 Å². The number of para-hydroxylation sites is 1. The van der Waals surface area contributed by atoms with Gasteiger partial charge in [0.2, 0.25) is 0 Å². The third-order valence-electron chi connectivity index (χ3n) is 12.7. The van der Waals surface area contributed by atoms with Crippen molar-refractivity contribution >= 4 is 33.2 Å². The quantitative estimate of drug-likeness (QED) is 0.125. The lowest BCUT2D eigenvalue weighted by molar-refractivity contribution is 0.357. The van der Waals surface area contributed by atoms with Crippen LogP contribution in [0.1, 0.15) is 51.8 Å². The van der Waals surface area contributed by atoms with Crippen LogP contribution in [0.3, 0.4) is 0 Å². The van der Waals surface area contributed by atoms with Gasteiger partial charge < -0.3 is 10.3 Å². The summed E-state index contributed by atoms with van der Waals surface area (Å²) < 4.78 is 2.44. The summed E-state index contributed by atoms with van der Waals surface area (Å²) in [6.45, 7) is 0.470. The van der Waals surface area contributed by atoms with Crippen molar-refractivity contribution in [3.63, 3.8) is 0 Å². The Bertz CT molecular complexity index is 3060. The molecular formula is C53H38N4. The Balaban J connectivity index is 1.06. The minimum Gasteiger partial charge on any atom is -0.398 e. The fourth-order valence-corrected chi connectivity index (χ4v) is 10.1. The van der Waals surface area contributed by atoms with Crippen LogP contribution in [0.5, 0.6) is 0 Å². The fraction of sp³-hybridized carbons (Fsp3) is 0.0943. The summed E-state index contributed by atoms with van der Waals surface area (Å²) >= 11 is 0. The first-order chi connectivity index (χ1) is 28.1. The zero-order chi connectivity index (χ0) is 38.1. The molecule has 57 heavy (non-hydrogen) atoms. The Labute approximate surface area is 332 Å². The average Bonchev–Trinajstić information content (AvgIpc) is 3.52. The second-order valence-electron chi connectivity index (χ2n) is 15.7. The molecule has 3 aliphatic rings. The number of aliphatic imine (C=N–C) groups is 1. The van der Waals surface area contributed by atoms with Crippen LogP contribution in [0.15, 0.2) is 193 Å². The highest BCUT2D eigenvalue weighted by Crippen LogP contribution is 2.78. The van der Waals surface area contributed by atoms with Crippen molar-refractivity contribution in [2.45, 2.75) is 24.8 Å². The van der Waals surface area contributed by atoms with E-state index in [9.17, 15) is 5.26 Å². The number of benzene rings is 7. The van der Waals surface area contributed by atoms with E-state index in [0.717, 1.165) is 40.9 Å². The number of nitriles is 1. The molecule has 1 aromatic heterocycles. The van der Waals surface area contributed by atoms with Gasteiger partial charge in [0.15, 0.2) is 0 Å². The molecule has 11 rings (SSSR count). The first kappa shape index (κ1) is 33.1. The van der Waals surface area contributed by atoms with E-state index in [0.29, 0.717) is 17.8 Å². The Hall–Kier alpha value is -7.22. The number of hydrogen-bond donors (Lipinski definition) is 1. The molecule has 0 spiro atoms. The number of fused-ring (bicyclic) bond motifs is 7. The summed E-state index contributed by atoms with van der Waals surface area (Å²) in [5.74, 6) is 0. The third-order valence-corrected chi connectivity index (χ3v) is 12.7. The zero-order valence-electron chi connectivity index (χ0n) is 31.4. The maximum Gasteiger partial charge on any atom is 0.0991 e. The SMILES string of the molecule is N#Cc1cccc(C(N)=CC(=NCc2cccc(-n3c4ccccc4c4cc5c(cc43)-c3ccccc3C5(c3ccccc3)[C@@]34CC=C3C4)c2)c2ccccc2)c1. The van der Waals surface area contributed by atoms with Crippen molar-refractivity contribution in [1.29, 1.82) is 5.26 Å². The van der Waals surface area contributed by atoms with E-state index in [1.807, 2.05) is 42.5 Å². The summed E-state index contributed by atoms with van der Waals surface area (Å²) in [6, 6.07) is 62.8. The first-order valence-corrected chi connectivity index (χ1v) is 19.7. The third kappa shape index (κ3) is 4.89. The highest BCUT2D eigenvalue weighted by atomic mass is 15.0. The molecule has 2 atom stereocenters. The van der Waals surface area contributed by atoms with E-state index in [2.05, 4.69) is 144 Å². The van der Waals surface area contributed by atoms with Gasteiger partial charge in [-0.1, -0.05) is 139 Å².